The zero-order valence-electron chi connectivity index (χ0n) is 12.6. The average molecular weight is 320 g/mol. The van der Waals surface area contributed by atoms with E-state index in [1.165, 1.54) is 27.9 Å². The summed E-state index contributed by atoms with van der Waals surface area (Å²) in [6, 6.07) is 9.29. The van der Waals surface area contributed by atoms with Gasteiger partial charge in [-0.25, -0.2) is 0 Å². The van der Waals surface area contributed by atoms with E-state index in [1.54, 1.807) is 12.1 Å². The van der Waals surface area contributed by atoms with E-state index in [2.05, 4.69) is 0 Å². The number of hydrogen-bond acceptors (Lipinski definition) is 3. The monoisotopic (exact) mass is 319 g/mol. The Morgan fingerprint density at radius 2 is 1.82 bits per heavy atom. The van der Waals surface area contributed by atoms with Gasteiger partial charge < -0.3 is 9.32 Å². The fourth-order valence-electron chi connectivity index (χ4n) is 2.45. The van der Waals surface area contributed by atoms with Crippen molar-refractivity contribution in [1.29, 1.82) is 0 Å². The Morgan fingerprint density at radius 3 is 2.36 bits per heavy atom. The molecule has 0 aliphatic heterocycles. The van der Waals surface area contributed by atoms with E-state index in [0.29, 0.717) is 13.0 Å². The number of aryl methyl sites for hydroxylation is 2. The van der Waals surface area contributed by atoms with Crippen LogP contribution in [-0.4, -0.2) is 29.1 Å². The maximum absolute atomic E-state index is 12.4. The second kappa shape index (κ2) is 7.27. The summed E-state index contributed by atoms with van der Waals surface area (Å²) < 4.78 is 5.11. The zero-order valence-corrected chi connectivity index (χ0v) is 13.4. The Kier molecular flexibility index (Phi) is 5.39. The van der Waals surface area contributed by atoms with Gasteiger partial charge in [-0.15, -0.1) is 0 Å². The van der Waals surface area contributed by atoms with E-state index in [4.69, 9.17) is 16.0 Å². The van der Waals surface area contributed by atoms with E-state index < -0.39 is 5.24 Å². The Labute approximate surface area is 134 Å². The Hall–Kier alpha value is -2.07. The molecule has 0 spiro atoms. The van der Waals surface area contributed by atoms with Gasteiger partial charge >= 0.3 is 0 Å². The number of furan rings is 1. The Bertz CT molecular complexity index is 644. The number of benzene rings is 1. The first-order valence-electron chi connectivity index (χ1n) is 7.05. The van der Waals surface area contributed by atoms with Crippen LogP contribution in [0.15, 0.2) is 41.0 Å². The molecular formula is C17H18ClNO3. The van der Waals surface area contributed by atoms with Gasteiger partial charge in [-0.3, -0.25) is 9.59 Å². The Balaban J connectivity index is 2.13. The summed E-state index contributed by atoms with van der Waals surface area (Å²) in [5.41, 5.74) is 3.52. The molecule has 0 unspecified atom stereocenters. The Morgan fingerprint density at radius 1 is 1.14 bits per heavy atom. The standard InChI is InChI=1S/C17H18ClNO3/c1-12-5-3-6-13(2)14(12)8-9-19(11-16(18)20)17(21)15-7-4-10-22-15/h3-7,10H,8-9,11H2,1-2H3. The van der Waals surface area contributed by atoms with Crippen molar-refractivity contribution in [3.63, 3.8) is 0 Å². The van der Waals surface area contributed by atoms with Crippen LogP contribution in [-0.2, 0) is 11.2 Å². The average Bonchev–Trinajstić information content (AvgIpc) is 2.98. The molecule has 0 radical (unpaired) electrons. The predicted molar refractivity (Wildman–Crippen MR) is 85.1 cm³/mol. The molecule has 4 nitrogen and oxygen atoms in total. The fourth-order valence-corrected chi connectivity index (χ4v) is 2.59. The lowest BCUT2D eigenvalue weighted by molar-refractivity contribution is -0.112. The van der Waals surface area contributed by atoms with Crippen LogP contribution in [0.3, 0.4) is 0 Å². The van der Waals surface area contributed by atoms with E-state index in [9.17, 15) is 9.59 Å². The molecule has 0 bridgehead atoms. The first-order valence-corrected chi connectivity index (χ1v) is 7.43. The first kappa shape index (κ1) is 16.3. The minimum Gasteiger partial charge on any atom is -0.459 e. The summed E-state index contributed by atoms with van der Waals surface area (Å²) in [7, 11) is 0. The summed E-state index contributed by atoms with van der Waals surface area (Å²) in [5.74, 6) is -0.121. The minimum absolute atomic E-state index is 0.133. The van der Waals surface area contributed by atoms with Crippen LogP contribution in [0.2, 0.25) is 0 Å². The van der Waals surface area contributed by atoms with E-state index in [1.807, 2.05) is 32.0 Å². The van der Waals surface area contributed by atoms with Crippen molar-refractivity contribution in [3.8, 4) is 0 Å². The molecule has 0 N–H and O–H groups in total. The van der Waals surface area contributed by atoms with Crippen LogP contribution in [0.25, 0.3) is 0 Å². The van der Waals surface area contributed by atoms with Gasteiger partial charge in [-0.2, -0.15) is 0 Å². The molecule has 0 aliphatic carbocycles. The first-order chi connectivity index (χ1) is 10.5. The van der Waals surface area contributed by atoms with Crippen LogP contribution in [0, 0.1) is 13.8 Å². The SMILES string of the molecule is Cc1cccc(C)c1CCN(CC(=O)Cl)C(=O)c1ccco1. The van der Waals surface area contributed by atoms with Crippen molar-refractivity contribution in [2.45, 2.75) is 20.3 Å². The number of hydrogen-bond donors (Lipinski definition) is 0. The summed E-state index contributed by atoms with van der Waals surface area (Å²) in [6.45, 7) is 4.34. The third kappa shape index (κ3) is 3.98. The van der Waals surface area contributed by atoms with Crippen molar-refractivity contribution in [1.82, 2.24) is 4.90 Å². The number of amides is 1. The third-order valence-electron chi connectivity index (χ3n) is 3.61. The van der Waals surface area contributed by atoms with Crippen LogP contribution in [0.4, 0.5) is 0 Å². The summed E-state index contributed by atoms with van der Waals surface area (Å²) in [4.78, 5) is 25.0. The molecule has 2 rings (SSSR count). The second-order valence-electron chi connectivity index (χ2n) is 5.18. The maximum Gasteiger partial charge on any atom is 0.289 e. The molecule has 1 heterocycles. The molecule has 2 aromatic rings. The summed E-state index contributed by atoms with van der Waals surface area (Å²) in [5, 5.41) is -0.568. The molecule has 1 amide bonds. The van der Waals surface area contributed by atoms with E-state index in [-0.39, 0.29) is 18.2 Å². The highest BCUT2D eigenvalue weighted by Gasteiger charge is 2.20. The lowest BCUT2D eigenvalue weighted by Gasteiger charge is -2.21. The summed E-state index contributed by atoms with van der Waals surface area (Å²) in [6.07, 6.45) is 2.09. The molecule has 0 fully saturated rings. The third-order valence-corrected chi connectivity index (χ3v) is 3.73. The molecule has 0 saturated heterocycles. The highest BCUT2D eigenvalue weighted by Crippen LogP contribution is 2.15. The molecule has 1 aromatic heterocycles. The van der Waals surface area contributed by atoms with Gasteiger partial charge in [-0.05, 0) is 60.7 Å². The van der Waals surface area contributed by atoms with Crippen LogP contribution >= 0.6 is 11.6 Å². The second-order valence-corrected chi connectivity index (χ2v) is 5.60. The number of carbonyl (C=O) groups is 2. The minimum atomic E-state index is -0.568. The molecule has 0 saturated carbocycles. The van der Waals surface area contributed by atoms with Gasteiger partial charge in [0, 0.05) is 6.54 Å². The zero-order chi connectivity index (χ0) is 16.1. The quantitative estimate of drug-likeness (QED) is 0.767. The van der Waals surface area contributed by atoms with Crippen LogP contribution < -0.4 is 0 Å². The van der Waals surface area contributed by atoms with Crippen LogP contribution in [0.5, 0.6) is 0 Å². The highest BCUT2D eigenvalue weighted by molar-refractivity contribution is 6.64. The van der Waals surface area contributed by atoms with Gasteiger partial charge in [-0.1, -0.05) is 18.2 Å². The maximum atomic E-state index is 12.4. The van der Waals surface area contributed by atoms with Gasteiger partial charge in [0.25, 0.3) is 5.91 Å². The molecule has 22 heavy (non-hydrogen) atoms. The van der Waals surface area contributed by atoms with Crippen molar-refractivity contribution < 1.29 is 14.0 Å². The van der Waals surface area contributed by atoms with Crippen molar-refractivity contribution in [2.24, 2.45) is 0 Å². The largest absolute Gasteiger partial charge is 0.459 e. The van der Waals surface area contributed by atoms with E-state index >= 15 is 0 Å². The van der Waals surface area contributed by atoms with Gasteiger partial charge in [0.15, 0.2) is 5.76 Å². The molecule has 0 atom stereocenters. The molecule has 1 aromatic carbocycles. The number of rotatable bonds is 6. The van der Waals surface area contributed by atoms with Gasteiger partial charge in [0.1, 0.15) is 0 Å². The number of carbonyl (C=O) groups excluding carboxylic acids is 2. The van der Waals surface area contributed by atoms with E-state index in [0.717, 1.165) is 0 Å². The van der Waals surface area contributed by atoms with Crippen molar-refractivity contribution in [2.75, 3.05) is 13.1 Å². The summed E-state index contributed by atoms with van der Waals surface area (Å²) >= 11 is 5.46. The van der Waals surface area contributed by atoms with Gasteiger partial charge in [0.2, 0.25) is 5.24 Å². The number of halogens is 1. The lowest BCUT2D eigenvalue weighted by Crippen LogP contribution is -2.36. The predicted octanol–water partition coefficient (Wildman–Crippen LogP) is 3.35. The molecule has 5 heteroatoms. The van der Waals surface area contributed by atoms with Crippen LogP contribution in [0.1, 0.15) is 27.2 Å². The number of nitrogens with zero attached hydrogens (tertiary/aromatic N) is 1. The lowest BCUT2D eigenvalue weighted by atomic mass is 10.00. The highest BCUT2D eigenvalue weighted by atomic mass is 35.5. The molecular weight excluding hydrogens is 302 g/mol. The molecule has 116 valence electrons. The van der Waals surface area contributed by atoms with Crippen molar-refractivity contribution >= 4 is 22.8 Å². The van der Waals surface area contributed by atoms with Crippen molar-refractivity contribution in [3.05, 3.63) is 59.0 Å². The fraction of sp³-hybridized carbons (Fsp3) is 0.294. The normalized spacial score (nSPS) is 10.5. The van der Waals surface area contributed by atoms with Gasteiger partial charge in [0.05, 0.1) is 12.8 Å². The topological polar surface area (TPSA) is 50.5 Å². The smallest absolute Gasteiger partial charge is 0.289 e. The molecule has 0 aliphatic rings.